The van der Waals surface area contributed by atoms with Crippen molar-refractivity contribution in [1.82, 2.24) is 15.2 Å². The summed E-state index contributed by atoms with van der Waals surface area (Å²) in [5.41, 5.74) is 5.24. The van der Waals surface area contributed by atoms with Crippen LogP contribution in [0, 0.1) is 6.92 Å². The Hall–Kier alpha value is -1.46. The number of likely N-dealkylation sites (tertiary alicyclic amines) is 1. The second-order valence-electron chi connectivity index (χ2n) is 8.48. The van der Waals surface area contributed by atoms with Crippen LogP contribution in [0.25, 0.3) is 10.9 Å². The average molecular weight is 752 g/mol. The van der Waals surface area contributed by atoms with Crippen molar-refractivity contribution in [3.8, 4) is 5.75 Å². The maximum atomic E-state index is 11.6. The van der Waals surface area contributed by atoms with E-state index in [1.807, 2.05) is 45.5 Å². The van der Waals surface area contributed by atoms with Gasteiger partial charge in [-0.3, -0.25) is 4.90 Å². The predicted molar refractivity (Wildman–Crippen MR) is 140 cm³/mol. The molecule has 1 aromatic heterocycles. The number of methoxy groups -OCH3 is 2. The molecule has 1 saturated heterocycles. The van der Waals surface area contributed by atoms with E-state index in [2.05, 4.69) is 53.9 Å². The van der Waals surface area contributed by atoms with Crippen LogP contribution in [0.15, 0.2) is 42.6 Å². The SMILES string of the molecule is COC(=O)c1ccc(CC2CCCN2CCNCc2c(OC)cc(C)c3[n-]ccc23)cc1.[I][Os]. The molecule has 1 fully saturated rings. The Morgan fingerprint density at radius 1 is 1.24 bits per heavy atom. The summed E-state index contributed by atoms with van der Waals surface area (Å²) in [7, 11) is 3.14. The van der Waals surface area contributed by atoms with Gasteiger partial charge in [0.15, 0.2) is 0 Å². The van der Waals surface area contributed by atoms with Crippen LogP contribution in [0.5, 0.6) is 5.75 Å². The topological polar surface area (TPSA) is 64.9 Å². The van der Waals surface area contributed by atoms with Crippen molar-refractivity contribution < 1.29 is 29.3 Å². The predicted octanol–water partition coefficient (Wildman–Crippen LogP) is 4.58. The minimum absolute atomic E-state index is 0.287. The maximum absolute atomic E-state index is 11.6. The molecule has 0 bridgehead atoms. The van der Waals surface area contributed by atoms with Crippen LogP contribution < -0.4 is 15.0 Å². The van der Waals surface area contributed by atoms with E-state index in [0.717, 1.165) is 49.4 Å². The van der Waals surface area contributed by atoms with Gasteiger partial charge < -0.3 is 19.8 Å². The molecule has 2 aromatic carbocycles. The molecule has 0 radical (unpaired) electrons. The number of fused-ring (bicyclic) bond motifs is 1. The number of aromatic nitrogens is 1. The molecule has 1 aliphatic heterocycles. The molecule has 34 heavy (non-hydrogen) atoms. The number of ether oxygens (including phenoxy) is 2. The Bertz CT molecular complexity index is 1070. The van der Waals surface area contributed by atoms with Gasteiger partial charge in [-0.15, -0.1) is 5.52 Å². The van der Waals surface area contributed by atoms with Crippen LogP contribution >= 0.6 is 19.7 Å². The number of halogens is 1. The molecule has 8 heteroatoms. The molecule has 185 valence electrons. The number of nitrogens with one attached hydrogen (secondary N) is 1. The van der Waals surface area contributed by atoms with Gasteiger partial charge in [0.05, 0.1) is 19.8 Å². The first kappa shape index (κ1) is 27.1. The zero-order valence-electron chi connectivity index (χ0n) is 19.9. The molecule has 6 nitrogen and oxygen atoms in total. The molecule has 4 rings (SSSR count). The fourth-order valence-corrected chi connectivity index (χ4v) is 4.77. The van der Waals surface area contributed by atoms with E-state index in [0.29, 0.717) is 11.6 Å². The van der Waals surface area contributed by atoms with Crippen LogP contribution in [0.2, 0.25) is 0 Å². The summed E-state index contributed by atoms with van der Waals surface area (Å²) in [4.78, 5) is 18.7. The van der Waals surface area contributed by atoms with Gasteiger partial charge in [-0.1, -0.05) is 23.8 Å². The third-order valence-electron chi connectivity index (χ3n) is 6.49. The van der Waals surface area contributed by atoms with Crippen LogP contribution in [-0.4, -0.2) is 50.8 Å². The van der Waals surface area contributed by atoms with Crippen molar-refractivity contribution in [2.24, 2.45) is 0 Å². The Kier molecular flexibility index (Phi) is 10.8. The summed E-state index contributed by atoms with van der Waals surface area (Å²) < 4.78 is 10.4. The van der Waals surface area contributed by atoms with Crippen LogP contribution in [0.3, 0.4) is 0 Å². The zero-order chi connectivity index (χ0) is 24.5. The zero-order valence-corrected chi connectivity index (χ0v) is 24.6. The number of carbonyl (C=O) groups is 1. The Morgan fingerprint density at radius 2 is 2.00 bits per heavy atom. The Morgan fingerprint density at radius 3 is 2.71 bits per heavy atom. The van der Waals surface area contributed by atoms with Gasteiger partial charge in [0.25, 0.3) is 0 Å². The van der Waals surface area contributed by atoms with Gasteiger partial charge in [-0.25, -0.2) is 4.79 Å². The third kappa shape index (κ3) is 6.60. The van der Waals surface area contributed by atoms with Crippen LogP contribution in [0.1, 0.15) is 39.9 Å². The van der Waals surface area contributed by atoms with Crippen molar-refractivity contribution in [2.45, 2.75) is 38.8 Å². The fourth-order valence-electron chi connectivity index (χ4n) is 4.77. The quantitative estimate of drug-likeness (QED) is 0.197. The van der Waals surface area contributed by atoms with Gasteiger partial charge in [-0.2, -0.15) is 6.20 Å². The molecule has 1 N–H and O–H groups in total. The number of esters is 1. The Labute approximate surface area is 223 Å². The van der Waals surface area contributed by atoms with Gasteiger partial charge in [-0.05, 0) is 61.9 Å². The first-order valence-corrected chi connectivity index (χ1v) is 18.6. The molecule has 0 saturated carbocycles. The summed E-state index contributed by atoms with van der Waals surface area (Å²) in [5.74, 6) is 0.634. The number of rotatable bonds is 9. The van der Waals surface area contributed by atoms with E-state index in [1.165, 1.54) is 36.5 Å². The number of benzene rings is 2. The van der Waals surface area contributed by atoms with E-state index in [4.69, 9.17) is 9.47 Å². The van der Waals surface area contributed by atoms with Crippen molar-refractivity contribution in [1.29, 1.82) is 0 Å². The molecule has 0 amide bonds. The molecule has 0 aliphatic carbocycles. The second kappa shape index (κ2) is 13.6. The monoisotopic (exact) mass is 753 g/mol. The van der Waals surface area contributed by atoms with Gasteiger partial charge >= 0.3 is 40.7 Å². The summed E-state index contributed by atoms with van der Waals surface area (Å²) in [6.45, 7) is 5.91. The number of aryl methyl sites for hydroxylation is 1. The average Bonchev–Trinajstić information content (AvgIpc) is 3.54. The molecule has 1 aliphatic rings. The summed E-state index contributed by atoms with van der Waals surface area (Å²) in [5, 5.41) is 4.78. The van der Waals surface area contributed by atoms with E-state index in [-0.39, 0.29) is 5.97 Å². The van der Waals surface area contributed by atoms with E-state index in [1.54, 1.807) is 7.11 Å². The van der Waals surface area contributed by atoms with E-state index in [9.17, 15) is 4.79 Å². The van der Waals surface area contributed by atoms with Crippen molar-refractivity contribution >= 4 is 36.5 Å². The van der Waals surface area contributed by atoms with Crippen molar-refractivity contribution in [3.05, 3.63) is 64.8 Å². The minimum atomic E-state index is -0.287. The molecule has 2 heterocycles. The molecule has 1 unspecified atom stereocenters. The number of nitrogens with zero attached hydrogens (tertiary/aromatic N) is 2. The van der Waals surface area contributed by atoms with Gasteiger partial charge in [0.1, 0.15) is 5.75 Å². The van der Waals surface area contributed by atoms with Crippen molar-refractivity contribution in [2.75, 3.05) is 33.9 Å². The summed E-state index contributed by atoms with van der Waals surface area (Å²) >= 11 is 4.01. The second-order valence-corrected chi connectivity index (χ2v) is 8.48. The molecule has 0 spiro atoms. The van der Waals surface area contributed by atoms with Crippen LogP contribution in [0.4, 0.5) is 0 Å². The number of carbonyl (C=O) groups excluding carboxylic acids is 1. The van der Waals surface area contributed by atoms with Crippen LogP contribution in [-0.2, 0) is 32.8 Å². The fraction of sp³-hybridized carbons (Fsp3) is 0.423. The van der Waals surface area contributed by atoms with E-state index >= 15 is 0 Å². The van der Waals surface area contributed by atoms with Crippen molar-refractivity contribution in [3.63, 3.8) is 0 Å². The first-order chi connectivity index (χ1) is 16.6. The molecular weight excluding hydrogens is 719 g/mol. The van der Waals surface area contributed by atoms with E-state index < -0.39 is 0 Å². The Balaban J connectivity index is 0.00000158. The molecule has 3 aromatic rings. The summed E-state index contributed by atoms with van der Waals surface area (Å²) in [6.07, 6.45) is 5.32. The standard InChI is InChI=1S/C26H32N3O3.HI.Os/c1-18-15-24(31-2)23(22-10-11-28-25(18)22)17-27-12-14-29-13-4-5-21(29)16-19-6-8-20(9-7-19)26(30)32-3;;/h6-11,15,21,27H,4-5,12-14,16-17H2,1-3H3;1H;/q-1;;+1/p-1. The number of hydrogen-bond donors (Lipinski definition) is 1. The molecule has 1 atom stereocenters. The molecular formula is C26H32IN3O3Os-. The van der Waals surface area contributed by atoms with Gasteiger partial charge in [0.2, 0.25) is 0 Å². The van der Waals surface area contributed by atoms with Gasteiger partial charge in [0, 0.05) is 31.2 Å². The third-order valence-corrected chi connectivity index (χ3v) is 6.49. The first-order valence-electron chi connectivity index (χ1n) is 11.4. The normalized spacial score (nSPS) is 15.7. The summed E-state index contributed by atoms with van der Waals surface area (Å²) in [6, 6.07) is 12.5. The number of hydrogen-bond acceptors (Lipinski definition) is 5.